The highest BCUT2D eigenvalue weighted by Gasteiger charge is 2.44. The molecule has 0 spiro atoms. The number of benzene rings is 1. The van der Waals surface area contributed by atoms with Crippen LogP contribution in [0.4, 0.5) is 13.2 Å². The smallest absolute Gasteiger partial charge is 0.450 e. The van der Waals surface area contributed by atoms with Crippen molar-refractivity contribution in [1.29, 1.82) is 0 Å². The first-order chi connectivity index (χ1) is 16.3. The molecule has 2 aliphatic rings. The van der Waals surface area contributed by atoms with E-state index in [2.05, 4.69) is 9.88 Å². The number of rotatable bonds is 4. The van der Waals surface area contributed by atoms with Crippen LogP contribution in [-0.4, -0.2) is 76.8 Å². The van der Waals surface area contributed by atoms with E-state index in [1.165, 1.54) is 22.3 Å². The summed E-state index contributed by atoms with van der Waals surface area (Å²) in [6, 6.07) is 9.62. The van der Waals surface area contributed by atoms with Crippen molar-refractivity contribution >= 4 is 23.2 Å². The molecule has 7 nitrogen and oxygen atoms in total. The third-order valence-corrected chi connectivity index (χ3v) is 6.92. The van der Waals surface area contributed by atoms with Crippen LogP contribution in [0.2, 0.25) is 0 Å². The Morgan fingerprint density at radius 3 is 2.32 bits per heavy atom. The highest BCUT2D eigenvalue weighted by molar-refractivity contribution is 7.11. The number of halogens is 3. The molecule has 11 heteroatoms. The number of carbonyl (C=O) groups is 2. The van der Waals surface area contributed by atoms with Gasteiger partial charge in [0.1, 0.15) is 5.76 Å². The average molecular weight is 491 g/mol. The van der Waals surface area contributed by atoms with Crippen LogP contribution in [0.15, 0.2) is 52.4 Å². The molecule has 34 heavy (non-hydrogen) atoms. The second kappa shape index (κ2) is 8.88. The molecule has 2 fully saturated rings. The van der Waals surface area contributed by atoms with Gasteiger partial charge >= 0.3 is 6.18 Å². The van der Waals surface area contributed by atoms with Gasteiger partial charge in [0, 0.05) is 62.5 Å². The zero-order chi connectivity index (χ0) is 23.9. The van der Waals surface area contributed by atoms with Gasteiger partial charge in [0.2, 0.25) is 5.76 Å². The minimum atomic E-state index is -4.78. The lowest BCUT2D eigenvalue weighted by atomic mass is 10.0. The fraction of sp³-hybridized carbons (Fsp3) is 0.348. The second-order valence-electron chi connectivity index (χ2n) is 8.25. The van der Waals surface area contributed by atoms with Crippen molar-refractivity contribution in [2.75, 3.05) is 39.3 Å². The standard InChI is InChI=1S/C23H21F3N4O3S/c24-23(25,26)19-17(12-18(33-19)15-4-2-1-3-5-15)21(31)30-13-16(14-30)28-7-9-29(10-8-28)22(32)20-27-6-11-34-20/h1-6,11-12,16H,7-10,13-14H2. The van der Waals surface area contributed by atoms with E-state index in [-0.39, 0.29) is 17.7 Å². The van der Waals surface area contributed by atoms with Crippen LogP contribution in [0.1, 0.15) is 25.9 Å². The summed E-state index contributed by atoms with van der Waals surface area (Å²) in [5.74, 6) is -2.04. The predicted molar refractivity (Wildman–Crippen MR) is 118 cm³/mol. The topological polar surface area (TPSA) is 69.9 Å². The van der Waals surface area contributed by atoms with E-state index in [1.807, 2.05) is 0 Å². The highest BCUT2D eigenvalue weighted by Crippen LogP contribution is 2.38. The first-order valence-electron chi connectivity index (χ1n) is 10.8. The summed E-state index contributed by atoms with van der Waals surface area (Å²) in [4.78, 5) is 34.8. The number of hydrogen-bond donors (Lipinski definition) is 0. The molecule has 5 rings (SSSR count). The molecule has 0 bridgehead atoms. The van der Waals surface area contributed by atoms with E-state index in [0.29, 0.717) is 49.8 Å². The van der Waals surface area contributed by atoms with E-state index in [0.717, 1.165) is 0 Å². The van der Waals surface area contributed by atoms with Crippen molar-refractivity contribution in [2.45, 2.75) is 12.2 Å². The summed E-state index contributed by atoms with van der Waals surface area (Å²) in [6.45, 7) is 3.04. The number of amides is 2. The molecule has 0 atom stereocenters. The van der Waals surface area contributed by atoms with Gasteiger partial charge in [0.15, 0.2) is 5.01 Å². The third kappa shape index (κ3) is 4.32. The van der Waals surface area contributed by atoms with Gasteiger partial charge in [-0.3, -0.25) is 14.5 Å². The normalized spacial score (nSPS) is 17.6. The number of piperazine rings is 1. The van der Waals surface area contributed by atoms with Crippen LogP contribution in [0.3, 0.4) is 0 Å². The van der Waals surface area contributed by atoms with Gasteiger partial charge in [0.05, 0.1) is 5.56 Å². The molecule has 2 saturated heterocycles. The molecule has 0 unspecified atom stereocenters. The quantitative estimate of drug-likeness (QED) is 0.558. The molecular formula is C23H21F3N4O3S. The zero-order valence-corrected chi connectivity index (χ0v) is 18.8. The Kier molecular flexibility index (Phi) is 5.90. The zero-order valence-electron chi connectivity index (χ0n) is 18.0. The van der Waals surface area contributed by atoms with Crippen LogP contribution in [0, 0.1) is 0 Å². The monoisotopic (exact) mass is 490 g/mol. The lowest BCUT2D eigenvalue weighted by molar-refractivity contribution is -0.153. The first-order valence-corrected chi connectivity index (χ1v) is 11.7. The van der Waals surface area contributed by atoms with Gasteiger partial charge in [-0.2, -0.15) is 13.2 Å². The van der Waals surface area contributed by atoms with Gasteiger partial charge in [-0.25, -0.2) is 4.98 Å². The summed E-state index contributed by atoms with van der Waals surface area (Å²) >= 11 is 1.30. The second-order valence-corrected chi connectivity index (χ2v) is 9.14. The maximum atomic E-state index is 13.6. The molecule has 4 heterocycles. The summed E-state index contributed by atoms with van der Waals surface area (Å²) < 4.78 is 45.8. The Morgan fingerprint density at radius 1 is 1.00 bits per heavy atom. The fourth-order valence-corrected chi connectivity index (χ4v) is 4.88. The highest BCUT2D eigenvalue weighted by atomic mass is 32.1. The maximum Gasteiger partial charge on any atom is 0.450 e. The van der Waals surface area contributed by atoms with E-state index >= 15 is 0 Å². The van der Waals surface area contributed by atoms with Gasteiger partial charge in [-0.15, -0.1) is 11.3 Å². The number of aromatic nitrogens is 1. The van der Waals surface area contributed by atoms with Crippen LogP contribution in [0.5, 0.6) is 0 Å². The fourth-order valence-electron chi connectivity index (χ4n) is 4.28. The Bertz CT molecular complexity index is 1170. The summed E-state index contributed by atoms with van der Waals surface area (Å²) in [5, 5.41) is 2.22. The Balaban J connectivity index is 1.22. The Hall–Kier alpha value is -3.18. The van der Waals surface area contributed by atoms with Crippen LogP contribution >= 0.6 is 11.3 Å². The van der Waals surface area contributed by atoms with Gasteiger partial charge in [-0.1, -0.05) is 30.3 Å². The maximum absolute atomic E-state index is 13.6. The van der Waals surface area contributed by atoms with Crippen LogP contribution in [-0.2, 0) is 6.18 Å². The summed E-state index contributed by atoms with van der Waals surface area (Å²) in [6.07, 6.45) is -3.18. The number of alkyl halides is 3. The van der Waals surface area contributed by atoms with E-state index < -0.39 is 23.4 Å². The Morgan fingerprint density at radius 2 is 1.71 bits per heavy atom. The average Bonchev–Trinajstić information content (AvgIpc) is 3.49. The molecule has 178 valence electrons. The van der Waals surface area contributed by atoms with E-state index in [1.54, 1.807) is 46.8 Å². The molecular weight excluding hydrogens is 469 g/mol. The molecule has 0 radical (unpaired) electrons. The summed E-state index contributed by atoms with van der Waals surface area (Å²) in [5.41, 5.74) is 0.00219. The molecule has 3 aromatic rings. The largest absolute Gasteiger partial charge is 0.451 e. The molecule has 0 aliphatic carbocycles. The van der Waals surface area contributed by atoms with Crippen molar-refractivity contribution in [2.24, 2.45) is 0 Å². The van der Waals surface area contributed by atoms with Crippen LogP contribution in [0.25, 0.3) is 11.3 Å². The predicted octanol–water partition coefficient (Wildman–Crippen LogP) is 3.70. The molecule has 2 aromatic heterocycles. The first kappa shape index (κ1) is 22.6. The molecule has 2 amide bonds. The van der Waals surface area contributed by atoms with Crippen molar-refractivity contribution in [1.82, 2.24) is 19.7 Å². The number of nitrogens with zero attached hydrogens (tertiary/aromatic N) is 4. The molecule has 0 saturated carbocycles. The number of likely N-dealkylation sites (tertiary alicyclic amines) is 1. The minimum Gasteiger partial charge on any atom is -0.451 e. The van der Waals surface area contributed by atoms with Crippen molar-refractivity contribution in [3.63, 3.8) is 0 Å². The number of carbonyl (C=O) groups excluding carboxylic acids is 2. The van der Waals surface area contributed by atoms with Gasteiger partial charge < -0.3 is 14.2 Å². The summed E-state index contributed by atoms with van der Waals surface area (Å²) in [7, 11) is 0. The lowest BCUT2D eigenvalue weighted by Crippen LogP contribution is -2.64. The lowest BCUT2D eigenvalue weighted by Gasteiger charge is -2.48. The van der Waals surface area contributed by atoms with Gasteiger partial charge in [0.25, 0.3) is 11.8 Å². The molecule has 1 aromatic carbocycles. The van der Waals surface area contributed by atoms with Crippen molar-refractivity contribution in [3.05, 3.63) is 64.3 Å². The third-order valence-electron chi connectivity index (χ3n) is 6.16. The van der Waals surface area contributed by atoms with E-state index in [4.69, 9.17) is 4.42 Å². The van der Waals surface area contributed by atoms with Crippen molar-refractivity contribution in [3.8, 4) is 11.3 Å². The van der Waals surface area contributed by atoms with Gasteiger partial charge in [-0.05, 0) is 6.07 Å². The van der Waals surface area contributed by atoms with Crippen molar-refractivity contribution < 1.29 is 27.2 Å². The number of hydrogen-bond acceptors (Lipinski definition) is 6. The molecule has 0 N–H and O–H groups in total. The Labute approximate surface area is 197 Å². The SMILES string of the molecule is O=C(c1nccs1)N1CCN(C2CN(C(=O)c3cc(-c4ccccc4)oc3C(F)(F)F)C2)CC1. The number of furan rings is 1. The van der Waals surface area contributed by atoms with Crippen LogP contribution < -0.4 is 0 Å². The van der Waals surface area contributed by atoms with E-state index in [9.17, 15) is 22.8 Å². The minimum absolute atomic E-state index is 0.00867. The number of thiazole rings is 1. The molecule has 2 aliphatic heterocycles.